The quantitative estimate of drug-likeness (QED) is 0.854. The minimum Gasteiger partial charge on any atom is -0.384 e. The largest absolute Gasteiger partial charge is 0.384 e. The van der Waals surface area contributed by atoms with Gasteiger partial charge in [0.25, 0.3) is 0 Å². The summed E-state index contributed by atoms with van der Waals surface area (Å²) < 4.78 is 0. The average molecular weight is 266 g/mol. The third kappa shape index (κ3) is 1.97. The molecule has 0 heterocycles. The molecule has 1 aliphatic rings. The first-order valence-electron chi connectivity index (χ1n) is 7.50. The molecule has 0 radical (unpaired) electrons. The highest BCUT2D eigenvalue weighted by Crippen LogP contribution is 2.51. The molecule has 0 bridgehead atoms. The van der Waals surface area contributed by atoms with Gasteiger partial charge in [0.15, 0.2) is 0 Å². The van der Waals surface area contributed by atoms with Crippen LogP contribution in [-0.2, 0) is 11.0 Å². The van der Waals surface area contributed by atoms with Gasteiger partial charge in [-0.1, -0.05) is 80.4 Å². The molecule has 1 saturated carbocycles. The van der Waals surface area contributed by atoms with Gasteiger partial charge in [0.2, 0.25) is 0 Å². The Bertz CT molecular complexity index is 509. The molecule has 2 aromatic rings. The Balaban J connectivity index is 2.12. The molecule has 1 nitrogen and oxygen atoms in total. The van der Waals surface area contributed by atoms with E-state index in [-0.39, 0.29) is 5.41 Å². The summed E-state index contributed by atoms with van der Waals surface area (Å²) >= 11 is 0. The minimum absolute atomic E-state index is 0.214. The van der Waals surface area contributed by atoms with Crippen molar-refractivity contribution in [3.8, 4) is 0 Å². The molecule has 2 atom stereocenters. The van der Waals surface area contributed by atoms with Crippen LogP contribution in [0.25, 0.3) is 0 Å². The smallest absolute Gasteiger partial charge is 0.0989 e. The Morgan fingerprint density at radius 2 is 1.25 bits per heavy atom. The van der Waals surface area contributed by atoms with E-state index in [1.807, 2.05) is 24.3 Å². The van der Waals surface area contributed by atoms with Crippen LogP contribution in [0.1, 0.15) is 43.7 Å². The molecule has 0 amide bonds. The Labute approximate surface area is 121 Å². The van der Waals surface area contributed by atoms with Gasteiger partial charge in [-0.25, -0.2) is 0 Å². The average Bonchev–Trinajstić information content (AvgIpc) is 2.52. The zero-order chi connectivity index (χ0) is 14.1. The number of benzene rings is 2. The summed E-state index contributed by atoms with van der Waals surface area (Å²) in [6, 6.07) is 20.7. The van der Waals surface area contributed by atoms with Crippen molar-refractivity contribution in [2.75, 3.05) is 0 Å². The fraction of sp³-hybridized carbons (Fsp3) is 0.368. The first kappa shape index (κ1) is 13.4. The van der Waals surface area contributed by atoms with Gasteiger partial charge in [-0.2, -0.15) is 0 Å². The van der Waals surface area contributed by atoms with Gasteiger partial charge in [-0.3, -0.25) is 0 Å². The minimum atomic E-state index is -0.770. The highest BCUT2D eigenvalue weighted by molar-refractivity contribution is 5.36. The van der Waals surface area contributed by atoms with Gasteiger partial charge in [-0.05, 0) is 24.0 Å². The van der Waals surface area contributed by atoms with Crippen LogP contribution in [0.5, 0.6) is 0 Å². The van der Waals surface area contributed by atoms with E-state index in [2.05, 4.69) is 43.3 Å². The fourth-order valence-electron chi connectivity index (χ4n) is 3.71. The molecule has 0 spiro atoms. The molecule has 0 saturated heterocycles. The lowest BCUT2D eigenvalue weighted by molar-refractivity contribution is -0.0698. The third-order valence-electron chi connectivity index (χ3n) is 5.04. The predicted molar refractivity (Wildman–Crippen MR) is 82.6 cm³/mol. The maximum Gasteiger partial charge on any atom is 0.0989 e. The van der Waals surface area contributed by atoms with E-state index in [0.717, 1.165) is 24.8 Å². The molecule has 1 N–H and O–H groups in total. The van der Waals surface area contributed by atoms with Crippen LogP contribution in [0.4, 0.5) is 0 Å². The van der Waals surface area contributed by atoms with Crippen molar-refractivity contribution >= 4 is 0 Å². The molecule has 20 heavy (non-hydrogen) atoms. The summed E-state index contributed by atoms with van der Waals surface area (Å²) in [5.74, 6) is 0. The van der Waals surface area contributed by atoms with Crippen LogP contribution in [0.15, 0.2) is 60.7 Å². The van der Waals surface area contributed by atoms with Crippen molar-refractivity contribution in [2.45, 2.75) is 43.6 Å². The lowest BCUT2D eigenvalue weighted by Crippen LogP contribution is -2.49. The number of hydrogen-bond donors (Lipinski definition) is 1. The van der Waals surface area contributed by atoms with Gasteiger partial charge >= 0.3 is 0 Å². The van der Waals surface area contributed by atoms with Gasteiger partial charge in [0, 0.05) is 5.41 Å². The fourth-order valence-corrected chi connectivity index (χ4v) is 3.71. The topological polar surface area (TPSA) is 20.2 Å². The zero-order valence-corrected chi connectivity index (χ0v) is 12.0. The van der Waals surface area contributed by atoms with Crippen molar-refractivity contribution in [1.29, 1.82) is 0 Å². The molecular weight excluding hydrogens is 244 g/mol. The van der Waals surface area contributed by atoms with Gasteiger partial charge in [-0.15, -0.1) is 0 Å². The van der Waals surface area contributed by atoms with Crippen molar-refractivity contribution in [3.05, 3.63) is 71.8 Å². The summed E-state index contributed by atoms with van der Waals surface area (Å²) in [6.45, 7) is 2.22. The van der Waals surface area contributed by atoms with Crippen LogP contribution in [0.2, 0.25) is 0 Å². The lowest BCUT2D eigenvalue weighted by Gasteiger charge is -2.49. The predicted octanol–water partition coefficient (Wildman–Crippen LogP) is 4.41. The first-order chi connectivity index (χ1) is 9.67. The number of rotatable bonds is 2. The second kappa shape index (κ2) is 5.06. The Morgan fingerprint density at radius 1 is 0.750 bits per heavy atom. The molecule has 104 valence electrons. The molecule has 0 aliphatic heterocycles. The van der Waals surface area contributed by atoms with E-state index in [0.29, 0.717) is 0 Å². The van der Waals surface area contributed by atoms with Crippen molar-refractivity contribution in [3.63, 3.8) is 0 Å². The van der Waals surface area contributed by atoms with E-state index in [4.69, 9.17) is 0 Å². The van der Waals surface area contributed by atoms with Crippen molar-refractivity contribution < 1.29 is 5.11 Å². The van der Waals surface area contributed by atoms with Crippen LogP contribution < -0.4 is 0 Å². The molecule has 1 aliphatic carbocycles. The maximum atomic E-state index is 11.5. The van der Waals surface area contributed by atoms with Crippen molar-refractivity contribution in [1.82, 2.24) is 0 Å². The summed E-state index contributed by atoms with van der Waals surface area (Å²) in [5, 5.41) is 11.5. The van der Waals surface area contributed by atoms with E-state index < -0.39 is 5.60 Å². The summed E-state index contributed by atoms with van der Waals surface area (Å²) in [7, 11) is 0. The van der Waals surface area contributed by atoms with Crippen molar-refractivity contribution in [2.24, 2.45) is 0 Å². The Morgan fingerprint density at radius 3 is 1.85 bits per heavy atom. The molecule has 1 heteroatoms. The van der Waals surface area contributed by atoms with E-state index in [1.54, 1.807) is 0 Å². The lowest BCUT2D eigenvalue weighted by atomic mass is 9.58. The summed E-state index contributed by atoms with van der Waals surface area (Å²) in [6.07, 6.45) is 4.14. The normalized spacial score (nSPS) is 30.1. The Hall–Kier alpha value is -1.60. The first-order valence-corrected chi connectivity index (χ1v) is 7.50. The SMILES string of the molecule is C[C@@]1(c2ccccc2)CCCC[C@@]1(O)c1ccccc1. The standard InChI is InChI=1S/C19H22O/c1-18(16-10-4-2-5-11-16)14-8-9-15-19(18,20)17-12-6-3-7-13-17/h2-7,10-13,20H,8-9,14-15H2,1H3/t18-,19+/m0/s1. The van der Waals surface area contributed by atoms with E-state index in [1.165, 1.54) is 12.0 Å². The summed E-state index contributed by atoms with van der Waals surface area (Å²) in [4.78, 5) is 0. The van der Waals surface area contributed by atoms with E-state index in [9.17, 15) is 5.11 Å². The van der Waals surface area contributed by atoms with Crippen LogP contribution >= 0.6 is 0 Å². The second-order valence-electron chi connectivity index (χ2n) is 6.13. The van der Waals surface area contributed by atoms with E-state index >= 15 is 0 Å². The van der Waals surface area contributed by atoms with Gasteiger partial charge < -0.3 is 5.11 Å². The number of hydrogen-bond acceptors (Lipinski definition) is 1. The third-order valence-corrected chi connectivity index (χ3v) is 5.04. The molecule has 0 aromatic heterocycles. The van der Waals surface area contributed by atoms with Crippen LogP contribution in [0, 0.1) is 0 Å². The van der Waals surface area contributed by atoms with Gasteiger partial charge in [0.1, 0.15) is 0 Å². The summed E-state index contributed by atoms with van der Waals surface area (Å²) in [5.41, 5.74) is 1.30. The maximum absolute atomic E-state index is 11.5. The highest BCUT2D eigenvalue weighted by atomic mass is 16.3. The molecule has 3 rings (SSSR count). The highest BCUT2D eigenvalue weighted by Gasteiger charge is 2.50. The second-order valence-corrected chi connectivity index (χ2v) is 6.13. The van der Waals surface area contributed by atoms with Gasteiger partial charge in [0.05, 0.1) is 5.60 Å². The van der Waals surface area contributed by atoms with Crippen LogP contribution in [0.3, 0.4) is 0 Å². The zero-order valence-electron chi connectivity index (χ0n) is 12.0. The molecule has 1 fully saturated rings. The Kier molecular flexibility index (Phi) is 3.39. The van der Waals surface area contributed by atoms with Crippen LogP contribution in [-0.4, -0.2) is 5.11 Å². The molecule has 2 aromatic carbocycles. The molecular formula is C19H22O. The monoisotopic (exact) mass is 266 g/mol. The number of aliphatic hydroxyl groups is 1. The molecule has 0 unspecified atom stereocenters.